The molecule has 21 heavy (non-hydrogen) atoms. The molecular weight excluding hydrogens is 282 g/mol. The molecule has 3 nitrogen and oxygen atoms in total. The number of thiophene rings is 1. The highest BCUT2D eigenvalue weighted by molar-refractivity contribution is 7.09. The first-order valence-electron chi connectivity index (χ1n) is 7.29. The molecule has 0 fully saturated rings. The summed E-state index contributed by atoms with van der Waals surface area (Å²) in [5.41, 5.74) is 1.31. The second-order valence-electron chi connectivity index (χ2n) is 5.22. The Balaban J connectivity index is 1.57. The van der Waals surface area contributed by atoms with Crippen molar-refractivity contribution in [2.45, 2.75) is 25.6 Å². The molecule has 1 aromatic heterocycles. The summed E-state index contributed by atoms with van der Waals surface area (Å²) in [6.45, 7) is 4.54. The van der Waals surface area contributed by atoms with Crippen molar-refractivity contribution in [2.24, 2.45) is 0 Å². The Bertz CT molecular complexity index is 487. The fourth-order valence-electron chi connectivity index (χ4n) is 2.12. The Morgan fingerprint density at radius 2 is 1.95 bits per heavy atom. The van der Waals surface area contributed by atoms with Crippen LogP contribution in [0.2, 0.25) is 0 Å². The molecule has 0 saturated heterocycles. The van der Waals surface area contributed by atoms with E-state index in [1.807, 2.05) is 23.6 Å². The SMILES string of the molecule is CC(CNCC(O)COCc1cccs1)c1ccccc1. The fourth-order valence-corrected chi connectivity index (χ4v) is 2.76. The van der Waals surface area contributed by atoms with Crippen LogP contribution in [-0.4, -0.2) is 30.9 Å². The predicted octanol–water partition coefficient (Wildman–Crippen LogP) is 3.02. The van der Waals surface area contributed by atoms with E-state index in [0.29, 0.717) is 25.7 Å². The molecule has 0 spiro atoms. The normalized spacial score (nSPS) is 14.0. The molecule has 1 heterocycles. The quantitative estimate of drug-likeness (QED) is 0.748. The summed E-state index contributed by atoms with van der Waals surface area (Å²) < 4.78 is 5.50. The van der Waals surface area contributed by atoms with E-state index in [0.717, 1.165) is 6.54 Å². The smallest absolute Gasteiger partial charge is 0.0897 e. The van der Waals surface area contributed by atoms with E-state index in [9.17, 15) is 5.11 Å². The maximum absolute atomic E-state index is 9.88. The number of aliphatic hydroxyl groups is 1. The van der Waals surface area contributed by atoms with Crippen molar-refractivity contribution in [3.05, 3.63) is 58.3 Å². The van der Waals surface area contributed by atoms with Crippen molar-refractivity contribution < 1.29 is 9.84 Å². The third-order valence-electron chi connectivity index (χ3n) is 3.33. The van der Waals surface area contributed by atoms with Gasteiger partial charge >= 0.3 is 0 Å². The van der Waals surface area contributed by atoms with E-state index in [1.54, 1.807) is 11.3 Å². The highest BCUT2D eigenvalue weighted by Gasteiger charge is 2.07. The van der Waals surface area contributed by atoms with Crippen molar-refractivity contribution >= 4 is 11.3 Å². The van der Waals surface area contributed by atoms with Crippen LogP contribution in [-0.2, 0) is 11.3 Å². The molecule has 0 amide bonds. The van der Waals surface area contributed by atoms with E-state index in [2.05, 4.69) is 36.5 Å². The minimum Gasteiger partial charge on any atom is -0.389 e. The lowest BCUT2D eigenvalue weighted by molar-refractivity contribution is 0.0298. The summed E-state index contributed by atoms with van der Waals surface area (Å²) in [6, 6.07) is 14.4. The molecule has 2 aromatic rings. The summed E-state index contributed by atoms with van der Waals surface area (Å²) in [5, 5.41) is 15.2. The first-order valence-corrected chi connectivity index (χ1v) is 8.17. The molecule has 2 N–H and O–H groups in total. The van der Waals surface area contributed by atoms with Crippen LogP contribution in [0.15, 0.2) is 47.8 Å². The van der Waals surface area contributed by atoms with Crippen LogP contribution >= 0.6 is 11.3 Å². The average molecular weight is 305 g/mol. The summed E-state index contributed by atoms with van der Waals surface area (Å²) in [6.07, 6.45) is -0.465. The lowest BCUT2D eigenvalue weighted by Gasteiger charge is -2.16. The third-order valence-corrected chi connectivity index (χ3v) is 4.18. The van der Waals surface area contributed by atoms with E-state index in [-0.39, 0.29) is 0 Å². The Kier molecular flexibility index (Phi) is 6.89. The van der Waals surface area contributed by atoms with Crippen LogP contribution in [0.25, 0.3) is 0 Å². The van der Waals surface area contributed by atoms with Crippen molar-refractivity contribution in [3.63, 3.8) is 0 Å². The molecule has 0 radical (unpaired) electrons. The number of ether oxygens (including phenoxy) is 1. The van der Waals surface area contributed by atoms with Crippen LogP contribution in [0.1, 0.15) is 23.3 Å². The summed E-state index contributed by atoms with van der Waals surface area (Å²) in [7, 11) is 0. The van der Waals surface area contributed by atoms with Gasteiger partial charge in [0.2, 0.25) is 0 Å². The zero-order chi connectivity index (χ0) is 14.9. The van der Waals surface area contributed by atoms with E-state index in [4.69, 9.17) is 4.74 Å². The molecule has 2 unspecified atom stereocenters. The third kappa shape index (κ3) is 5.98. The standard InChI is InChI=1S/C17H23NO2S/c1-14(15-6-3-2-4-7-15)10-18-11-16(19)12-20-13-17-8-5-9-21-17/h2-9,14,16,18-19H,10-13H2,1H3. The number of hydrogen-bond donors (Lipinski definition) is 2. The van der Waals surface area contributed by atoms with Gasteiger partial charge in [0.25, 0.3) is 0 Å². The van der Waals surface area contributed by atoms with Gasteiger partial charge in [-0.3, -0.25) is 0 Å². The number of hydrogen-bond acceptors (Lipinski definition) is 4. The molecule has 2 atom stereocenters. The lowest BCUT2D eigenvalue weighted by atomic mass is 10.0. The van der Waals surface area contributed by atoms with Crippen molar-refractivity contribution in [3.8, 4) is 0 Å². The molecule has 0 bridgehead atoms. The van der Waals surface area contributed by atoms with Crippen molar-refractivity contribution in [1.29, 1.82) is 0 Å². The summed E-state index contributed by atoms with van der Waals surface area (Å²) >= 11 is 1.67. The average Bonchev–Trinajstić information content (AvgIpc) is 3.01. The van der Waals surface area contributed by atoms with Gasteiger partial charge in [-0.2, -0.15) is 0 Å². The molecule has 0 aliphatic carbocycles. The molecule has 1 aromatic carbocycles. The van der Waals surface area contributed by atoms with Gasteiger partial charge in [-0.25, -0.2) is 0 Å². The Morgan fingerprint density at radius 1 is 1.14 bits per heavy atom. The molecule has 114 valence electrons. The number of aliphatic hydroxyl groups excluding tert-OH is 1. The molecule has 2 rings (SSSR count). The van der Waals surface area contributed by atoms with Crippen LogP contribution in [0.3, 0.4) is 0 Å². The van der Waals surface area contributed by atoms with Gasteiger partial charge in [-0.05, 0) is 22.9 Å². The first kappa shape index (κ1) is 16.2. The van der Waals surface area contributed by atoms with Crippen LogP contribution in [0, 0.1) is 0 Å². The number of nitrogens with one attached hydrogen (secondary N) is 1. The molecule has 0 aliphatic heterocycles. The maximum atomic E-state index is 9.88. The number of benzene rings is 1. The van der Waals surface area contributed by atoms with Gasteiger partial charge < -0.3 is 15.2 Å². The Hall–Kier alpha value is -1.20. The van der Waals surface area contributed by atoms with Gasteiger partial charge in [-0.1, -0.05) is 43.3 Å². The zero-order valence-corrected chi connectivity index (χ0v) is 13.2. The Labute approximate surface area is 130 Å². The van der Waals surface area contributed by atoms with Gasteiger partial charge in [0.05, 0.1) is 19.3 Å². The first-order chi connectivity index (χ1) is 10.3. The fraction of sp³-hybridized carbons (Fsp3) is 0.412. The van der Waals surface area contributed by atoms with Crippen LogP contribution in [0.4, 0.5) is 0 Å². The van der Waals surface area contributed by atoms with E-state index in [1.165, 1.54) is 10.4 Å². The minimum atomic E-state index is -0.465. The highest BCUT2D eigenvalue weighted by atomic mass is 32.1. The topological polar surface area (TPSA) is 41.5 Å². The molecule has 4 heteroatoms. The minimum absolute atomic E-state index is 0.366. The van der Waals surface area contributed by atoms with Gasteiger partial charge in [0, 0.05) is 18.0 Å². The number of rotatable bonds is 9. The van der Waals surface area contributed by atoms with Gasteiger partial charge in [-0.15, -0.1) is 11.3 Å². The second kappa shape index (κ2) is 8.95. The van der Waals surface area contributed by atoms with E-state index < -0.39 is 6.10 Å². The zero-order valence-electron chi connectivity index (χ0n) is 12.4. The van der Waals surface area contributed by atoms with Crippen LogP contribution in [0.5, 0.6) is 0 Å². The maximum Gasteiger partial charge on any atom is 0.0897 e. The highest BCUT2D eigenvalue weighted by Crippen LogP contribution is 2.13. The van der Waals surface area contributed by atoms with Crippen LogP contribution < -0.4 is 5.32 Å². The summed E-state index contributed by atoms with van der Waals surface area (Å²) in [5.74, 6) is 0.436. The Morgan fingerprint density at radius 3 is 2.67 bits per heavy atom. The molecular formula is C17H23NO2S. The monoisotopic (exact) mass is 305 g/mol. The second-order valence-corrected chi connectivity index (χ2v) is 6.25. The largest absolute Gasteiger partial charge is 0.389 e. The lowest BCUT2D eigenvalue weighted by Crippen LogP contribution is -2.32. The molecule has 0 saturated carbocycles. The summed E-state index contributed by atoms with van der Waals surface area (Å²) in [4.78, 5) is 1.19. The van der Waals surface area contributed by atoms with Gasteiger partial charge in [0.1, 0.15) is 0 Å². The molecule has 0 aliphatic rings. The van der Waals surface area contributed by atoms with Gasteiger partial charge in [0.15, 0.2) is 0 Å². The van der Waals surface area contributed by atoms with Crippen molar-refractivity contribution in [2.75, 3.05) is 19.7 Å². The predicted molar refractivity (Wildman–Crippen MR) is 87.7 cm³/mol. The van der Waals surface area contributed by atoms with E-state index >= 15 is 0 Å². The van der Waals surface area contributed by atoms with Crippen molar-refractivity contribution in [1.82, 2.24) is 5.32 Å².